The molecule has 0 radical (unpaired) electrons. The molecule has 2 atom stereocenters. The molecule has 0 spiro atoms. The Labute approximate surface area is 125 Å². The summed E-state index contributed by atoms with van der Waals surface area (Å²) in [6, 6.07) is 4.21. The highest BCUT2D eigenvalue weighted by Gasteiger charge is 2.27. The fraction of sp³-hybridized carbons (Fsp3) is 0.429. The highest BCUT2D eigenvalue weighted by atomic mass is 79.9. The lowest BCUT2D eigenvalue weighted by atomic mass is 10.1. The molecule has 1 saturated heterocycles. The molecule has 1 heterocycles. The Bertz CT molecular complexity index is 536. The van der Waals surface area contributed by atoms with Gasteiger partial charge in [-0.3, -0.25) is 9.59 Å². The van der Waals surface area contributed by atoms with E-state index in [1.165, 1.54) is 6.07 Å². The minimum atomic E-state index is -0.459. The fourth-order valence-corrected chi connectivity index (χ4v) is 2.56. The van der Waals surface area contributed by atoms with Crippen LogP contribution in [-0.4, -0.2) is 23.9 Å². The highest BCUT2D eigenvalue weighted by Crippen LogP contribution is 2.16. The van der Waals surface area contributed by atoms with Crippen molar-refractivity contribution in [1.29, 1.82) is 0 Å². The van der Waals surface area contributed by atoms with Crippen molar-refractivity contribution >= 4 is 27.7 Å². The number of amides is 2. The second-order valence-corrected chi connectivity index (χ2v) is 5.92. The summed E-state index contributed by atoms with van der Waals surface area (Å²) < 4.78 is 14.4. The lowest BCUT2D eigenvalue weighted by Crippen LogP contribution is -2.45. The van der Waals surface area contributed by atoms with Crippen LogP contribution in [0.4, 0.5) is 4.39 Å². The van der Waals surface area contributed by atoms with E-state index >= 15 is 0 Å². The first-order valence-corrected chi connectivity index (χ1v) is 7.28. The largest absolute Gasteiger partial charge is 0.352 e. The molecular weight excluding hydrogens is 327 g/mol. The summed E-state index contributed by atoms with van der Waals surface area (Å²) in [4.78, 5) is 23.0. The van der Waals surface area contributed by atoms with Crippen LogP contribution in [0, 0.1) is 5.82 Å². The number of hydrogen-bond acceptors (Lipinski definition) is 2. The molecule has 0 aliphatic carbocycles. The van der Waals surface area contributed by atoms with Gasteiger partial charge in [-0.25, -0.2) is 4.39 Å². The van der Waals surface area contributed by atoms with Gasteiger partial charge >= 0.3 is 0 Å². The van der Waals surface area contributed by atoms with E-state index in [1.807, 2.05) is 6.92 Å². The number of hydrogen-bond donors (Lipinski definition) is 2. The van der Waals surface area contributed by atoms with E-state index in [-0.39, 0.29) is 23.7 Å². The predicted octanol–water partition coefficient (Wildman–Crippen LogP) is 1.91. The Balaban J connectivity index is 1.90. The van der Waals surface area contributed by atoms with Crippen LogP contribution in [0.1, 0.15) is 25.3 Å². The Morgan fingerprint density at radius 2 is 2.35 bits per heavy atom. The number of rotatable bonds is 4. The molecule has 2 amide bonds. The van der Waals surface area contributed by atoms with Gasteiger partial charge < -0.3 is 10.6 Å². The lowest BCUT2D eigenvalue weighted by molar-refractivity contribution is -0.126. The second kappa shape index (κ2) is 6.35. The molecule has 1 aliphatic rings. The molecule has 1 aromatic carbocycles. The van der Waals surface area contributed by atoms with Crippen molar-refractivity contribution in [3.63, 3.8) is 0 Å². The summed E-state index contributed by atoms with van der Waals surface area (Å²) in [5.74, 6) is -0.604. The maximum absolute atomic E-state index is 13.7. The van der Waals surface area contributed by atoms with Crippen LogP contribution in [0.3, 0.4) is 0 Å². The summed E-state index contributed by atoms with van der Waals surface area (Å²) in [7, 11) is 0. The van der Waals surface area contributed by atoms with E-state index in [9.17, 15) is 14.0 Å². The van der Waals surface area contributed by atoms with Gasteiger partial charge in [-0.1, -0.05) is 22.0 Å². The van der Waals surface area contributed by atoms with Crippen LogP contribution < -0.4 is 10.6 Å². The molecule has 1 aliphatic heterocycles. The van der Waals surface area contributed by atoms with Gasteiger partial charge in [0.25, 0.3) is 0 Å². The third-order valence-corrected chi connectivity index (χ3v) is 3.73. The molecule has 2 N–H and O–H groups in total. The third kappa shape index (κ3) is 3.79. The van der Waals surface area contributed by atoms with Crippen molar-refractivity contribution in [2.24, 2.45) is 0 Å². The molecule has 0 bridgehead atoms. The summed E-state index contributed by atoms with van der Waals surface area (Å²) in [6.07, 6.45) is 1.31. The van der Waals surface area contributed by atoms with Crippen LogP contribution >= 0.6 is 15.9 Å². The van der Waals surface area contributed by atoms with Crippen LogP contribution in [0.25, 0.3) is 0 Å². The Morgan fingerprint density at radius 1 is 1.60 bits per heavy atom. The molecule has 0 unspecified atom stereocenters. The molecule has 2 rings (SSSR count). The summed E-state index contributed by atoms with van der Waals surface area (Å²) in [5, 5.41) is 5.41. The van der Waals surface area contributed by atoms with Crippen molar-refractivity contribution in [3.05, 3.63) is 34.1 Å². The van der Waals surface area contributed by atoms with Gasteiger partial charge in [0.05, 0.1) is 0 Å². The van der Waals surface area contributed by atoms with E-state index in [2.05, 4.69) is 26.6 Å². The zero-order chi connectivity index (χ0) is 14.7. The monoisotopic (exact) mass is 342 g/mol. The van der Waals surface area contributed by atoms with E-state index in [0.717, 1.165) is 0 Å². The summed E-state index contributed by atoms with van der Waals surface area (Å²) in [5.41, 5.74) is 0.552. The van der Waals surface area contributed by atoms with Crippen molar-refractivity contribution in [2.45, 2.75) is 38.3 Å². The first-order chi connectivity index (χ1) is 9.45. The summed E-state index contributed by atoms with van der Waals surface area (Å²) >= 11 is 3.20. The van der Waals surface area contributed by atoms with Crippen molar-refractivity contribution < 1.29 is 14.0 Å². The molecule has 1 aromatic rings. The lowest BCUT2D eigenvalue weighted by Gasteiger charge is -2.17. The highest BCUT2D eigenvalue weighted by molar-refractivity contribution is 9.10. The molecule has 20 heavy (non-hydrogen) atoms. The standard InChI is InChI=1S/C14H16BrFN2O2/c1-8(6-9-2-3-10(15)7-11(9)16)17-14(20)12-4-5-13(19)18-12/h2-3,7-8,12H,4-6H2,1H3,(H,17,20)(H,18,19)/t8-,12+/m0/s1. The van der Waals surface area contributed by atoms with Gasteiger partial charge in [0.2, 0.25) is 11.8 Å². The first kappa shape index (κ1) is 15.0. The van der Waals surface area contributed by atoms with Gasteiger partial charge in [0.15, 0.2) is 0 Å². The van der Waals surface area contributed by atoms with Gasteiger partial charge in [-0.2, -0.15) is 0 Å². The number of carbonyl (C=O) groups is 2. The molecule has 0 aromatic heterocycles. The average Bonchev–Trinajstić information content (AvgIpc) is 2.79. The average molecular weight is 343 g/mol. The van der Waals surface area contributed by atoms with E-state index in [0.29, 0.717) is 29.3 Å². The maximum Gasteiger partial charge on any atom is 0.242 e. The molecular formula is C14H16BrFN2O2. The molecule has 0 saturated carbocycles. The third-order valence-electron chi connectivity index (χ3n) is 3.24. The SMILES string of the molecule is C[C@@H](Cc1ccc(Br)cc1F)NC(=O)[C@H]1CCC(=O)N1. The Morgan fingerprint density at radius 3 is 2.95 bits per heavy atom. The molecule has 1 fully saturated rings. The fourth-order valence-electron chi connectivity index (χ4n) is 2.22. The summed E-state index contributed by atoms with van der Waals surface area (Å²) in [6.45, 7) is 1.82. The topological polar surface area (TPSA) is 58.2 Å². The predicted molar refractivity (Wildman–Crippen MR) is 76.6 cm³/mol. The van der Waals surface area contributed by atoms with Crippen molar-refractivity contribution in [2.75, 3.05) is 0 Å². The van der Waals surface area contributed by atoms with E-state index < -0.39 is 6.04 Å². The van der Waals surface area contributed by atoms with Gasteiger partial charge in [-0.15, -0.1) is 0 Å². The maximum atomic E-state index is 13.7. The van der Waals surface area contributed by atoms with Gasteiger partial charge in [0.1, 0.15) is 11.9 Å². The minimum Gasteiger partial charge on any atom is -0.352 e. The zero-order valence-electron chi connectivity index (χ0n) is 11.1. The van der Waals surface area contributed by atoms with Gasteiger partial charge in [-0.05, 0) is 37.5 Å². The Kier molecular flexibility index (Phi) is 4.75. The zero-order valence-corrected chi connectivity index (χ0v) is 12.7. The molecule has 108 valence electrons. The van der Waals surface area contributed by atoms with Crippen LogP contribution in [0.2, 0.25) is 0 Å². The number of halogens is 2. The number of nitrogens with one attached hydrogen (secondary N) is 2. The first-order valence-electron chi connectivity index (χ1n) is 6.49. The minimum absolute atomic E-state index is 0.100. The molecule has 6 heteroatoms. The number of carbonyl (C=O) groups excluding carboxylic acids is 2. The van der Waals surface area contributed by atoms with Gasteiger partial charge in [0, 0.05) is 16.9 Å². The van der Waals surface area contributed by atoms with Crippen molar-refractivity contribution in [3.8, 4) is 0 Å². The Hall–Kier alpha value is -1.43. The van der Waals surface area contributed by atoms with Crippen LogP contribution in [0.15, 0.2) is 22.7 Å². The molecule has 4 nitrogen and oxygen atoms in total. The van der Waals surface area contributed by atoms with E-state index in [1.54, 1.807) is 12.1 Å². The second-order valence-electron chi connectivity index (χ2n) is 5.01. The van der Waals surface area contributed by atoms with Crippen LogP contribution in [-0.2, 0) is 16.0 Å². The van der Waals surface area contributed by atoms with E-state index in [4.69, 9.17) is 0 Å². The van der Waals surface area contributed by atoms with Crippen molar-refractivity contribution in [1.82, 2.24) is 10.6 Å². The smallest absolute Gasteiger partial charge is 0.242 e. The quantitative estimate of drug-likeness (QED) is 0.878. The van der Waals surface area contributed by atoms with Crippen LogP contribution in [0.5, 0.6) is 0 Å². The normalized spacial score (nSPS) is 19.6. The number of benzene rings is 1.